The first-order valence-electron chi connectivity index (χ1n) is 13.2. The topological polar surface area (TPSA) is 97.1 Å². The number of nitrogens with zero attached hydrogens (tertiary/aromatic N) is 3. The standard InChI is InChI=1S/C33H28N4O3S2/c1-21-9-11-23(12-10-21)29-20-42-33(36-29)37-31(38)15-16-41-32-27(19-34)25(18-28(35-32)22-7-5-4-6-8-22)26-17-24(39-2)13-14-30(26)40-3/h4-14,17-18,20H,15-16H2,1-3H3,(H,36,37,38). The number of thioether (sulfide) groups is 1. The molecule has 1 amide bonds. The van der Waals surface area contributed by atoms with Gasteiger partial charge < -0.3 is 14.8 Å². The van der Waals surface area contributed by atoms with Crippen molar-refractivity contribution in [3.8, 4) is 51.2 Å². The molecule has 0 unspecified atom stereocenters. The van der Waals surface area contributed by atoms with Gasteiger partial charge in [-0.3, -0.25) is 4.79 Å². The zero-order valence-electron chi connectivity index (χ0n) is 23.4. The highest BCUT2D eigenvalue weighted by atomic mass is 32.2. The second-order valence-electron chi connectivity index (χ2n) is 9.33. The molecule has 42 heavy (non-hydrogen) atoms. The summed E-state index contributed by atoms with van der Waals surface area (Å²) in [5, 5.41) is 16.2. The van der Waals surface area contributed by atoms with Gasteiger partial charge >= 0.3 is 0 Å². The Balaban J connectivity index is 1.38. The summed E-state index contributed by atoms with van der Waals surface area (Å²) in [5.74, 6) is 1.53. The van der Waals surface area contributed by atoms with Gasteiger partial charge in [0.1, 0.15) is 22.6 Å². The molecule has 2 aromatic heterocycles. The number of thiazole rings is 1. The molecule has 0 spiro atoms. The van der Waals surface area contributed by atoms with Gasteiger partial charge in [-0.1, -0.05) is 60.2 Å². The number of anilines is 1. The highest BCUT2D eigenvalue weighted by Crippen LogP contribution is 2.40. The van der Waals surface area contributed by atoms with Crippen molar-refractivity contribution in [2.45, 2.75) is 18.4 Å². The van der Waals surface area contributed by atoms with E-state index < -0.39 is 0 Å². The molecule has 0 aliphatic carbocycles. The number of hydrogen-bond acceptors (Lipinski definition) is 8. The van der Waals surface area contributed by atoms with Crippen LogP contribution in [0.25, 0.3) is 33.6 Å². The van der Waals surface area contributed by atoms with E-state index in [1.54, 1.807) is 14.2 Å². The van der Waals surface area contributed by atoms with E-state index >= 15 is 0 Å². The number of aryl methyl sites for hydroxylation is 1. The predicted octanol–water partition coefficient (Wildman–Crippen LogP) is 7.86. The smallest absolute Gasteiger partial charge is 0.226 e. The molecule has 9 heteroatoms. The average molecular weight is 593 g/mol. The fourth-order valence-corrected chi connectivity index (χ4v) is 6.02. The van der Waals surface area contributed by atoms with Gasteiger partial charge in [-0.05, 0) is 31.2 Å². The average Bonchev–Trinajstić information content (AvgIpc) is 3.49. The molecule has 7 nitrogen and oxygen atoms in total. The summed E-state index contributed by atoms with van der Waals surface area (Å²) >= 11 is 2.76. The monoisotopic (exact) mass is 592 g/mol. The molecule has 0 aliphatic rings. The van der Waals surface area contributed by atoms with Crippen LogP contribution in [-0.4, -0.2) is 35.8 Å². The molecular weight excluding hydrogens is 565 g/mol. The second-order valence-corrected chi connectivity index (χ2v) is 11.3. The summed E-state index contributed by atoms with van der Waals surface area (Å²) in [7, 11) is 3.19. The maximum absolute atomic E-state index is 12.8. The number of amides is 1. The third-order valence-corrected chi connectivity index (χ3v) is 8.27. The van der Waals surface area contributed by atoms with E-state index in [1.165, 1.54) is 28.7 Å². The molecule has 5 aromatic rings. The highest BCUT2D eigenvalue weighted by molar-refractivity contribution is 7.99. The van der Waals surface area contributed by atoms with Crippen LogP contribution >= 0.6 is 23.1 Å². The number of rotatable bonds is 10. The van der Waals surface area contributed by atoms with Crippen LogP contribution in [0.3, 0.4) is 0 Å². The third kappa shape index (κ3) is 6.62. The molecule has 0 saturated carbocycles. The van der Waals surface area contributed by atoms with Gasteiger partial charge in [0.2, 0.25) is 5.91 Å². The molecule has 1 N–H and O–H groups in total. The summed E-state index contributed by atoms with van der Waals surface area (Å²) in [6.07, 6.45) is 0.226. The molecule has 0 atom stereocenters. The quantitative estimate of drug-likeness (QED) is 0.165. The first-order valence-corrected chi connectivity index (χ1v) is 15.0. The molecule has 5 rings (SSSR count). The van der Waals surface area contributed by atoms with Crippen LogP contribution in [0, 0.1) is 18.3 Å². The van der Waals surface area contributed by atoms with Crippen molar-refractivity contribution in [1.29, 1.82) is 5.26 Å². The minimum absolute atomic E-state index is 0.153. The van der Waals surface area contributed by atoms with E-state index in [4.69, 9.17) is 14.5 Å². The molecule has 3 aromatic carbocycles. The van der Waals surface area contributed by atoms with Crippen molar-refractivity contribution in [3.05, 3.63) is 95.4 Å². The number of methoxy groups -OCH3 is 2. The third-order valence-electron chi connectivity index (χ3n) is 6.53. The van der Waals surface area contributed by atoms with Crippen molar-refractivity contribution in [2.24, 2.45) is 0 Å². The van der Waals surface area contributed by atoms with Crippen LogP contribution in [0.1, 0.15) is 17.5 Å². The van der Waals surface area contributed by atoms with Gasteiger partial charge in [0.25, 0.3) is 0 Å². The Kier molecular flexibility index (Phi) is 9.17. The number of pyridine rings is 1. The Bertz CT molecular complexity index is 1750. The lowest BCUT2D eigenvalue weighted by atomic mass is 9.98. The fourth-order valence-electron chi connectivity index (χ4n) is 4.34. The van der Waals surface area contributed by atoms with Crippen molar-refractivity contribution in [1.82, 2.24) is 9.97 Å². The Morgan fingerprint density at radius 2 is 1.69 bits per heavy atom. The van der Waals surface area contributed by atoms with Crippen molar-refractivity contribution >= 4 is 34.1 Å². The number of aromatic nitrogens is 2. The fraction of sp³-hybridized carbons (Fsp3) is 0.152. The largest absolute Gasteiger partial charge is 0.497 e. The van der Waals surface area contributed by atoms with E-state index in [-0.39, 0.29) is 12.3 Å². The van der Waals surface area contributed by atoms with E-state index in [0.29, 0.717) is 44.2 Å². The van der Waals surface area contributed by atoms with E-state index in [2.05, 4.69) is 16.4 Å². The molecule has 0 bridgehead atoms. The van der Waals surface area contributed by atoms with Gasteiger partial charge in [-0.25, -0.2) is 9.97 Å². The lowest BCUT2D eigenvalue weighted by Gasteiger charge is -2.15. The minimum Gasteiger partial charge on any atom is -0.497 e. The van der Waals surface area contributed by atoms with Crippen LogP contribution in [0.5, 0.6) is 11.5 Å². The van der Waals surface area contributed by atoms with Gasteiger partial charge in [0, 0.05) is 39.8 Å². The second kappa shape index (κ2) is 13.3. The maximum atomic E-state index is 12.8. The van der Waals surface area contributed by atoms with Crippen LogP contribution in [-0.2, 0) is 4.79 Å². The van der Waals surface area contributed by atoms with Crippen molar-refractivity contribution in [3.63, 3.8) is 0 Å². The SMILES string of the molecule is COc1ccc(OC)c(-c2cc(-c3ccccc3)nc(SCCC(=O)Nc3nc(-c4ccc(C)cc4)cs3)c2C#N)c1. The summed E-state index contributed by atoms with van der Waals surface area (Å²) in [6, 6.07) is 27.6. The number of benzene rings is 3. The summed E-state index contributed by atoms with van der Waals surface area (Å²) < 4.78 is 11.1. The zero-order chi connectivity index (χ0) is 29.5. The number of carbonyl (C=O) groups is 1. The number of nitriles is 1. The van der Waals surface area contributed by atoms with Gasteiger partial charge in [-0.15, -0.1) is 23.1 Å². The Morgan fingerprint density at radius 3 is 2.40 bits per heavy atom. The molecule has 0 saturated heterocycles. The normalized spacial score (nSPS) is 10.6. The molecule has 0 aliphatic heterocycles. The highest BCUT2D eigenvalue weighted by Gasteiger charge is 2.20. The van der Waals surface area contributed by atoms with E-state index in [9.17, 15) is 10.1 Å². The number of carbonyl (C=O) groups excluding carboxylic acids is 1. The van der Waals surface area contributed by atoms with Crippen LogP contribution in [0.15, 0.2) is 89.3 Å². The number of hydrogen-bond donors (Lipinski definition) is 1. The lowest BCUT2D eigenvalue weighted by molar-refractivity contribution is -0.115. The van der Waals surface area contributed by atoms with Gasteiger partial charge in [-0.2, -0.15) is 5.26 Å². The molecular formula is C33H28N4O3S2. The number of ether oxygens (including phenoxy) is 2. The van der Waals surface area contributed by atoms with Crippen LogP contribution in [0.4, 0.5) is 5.13 Å². The van der Waals surface area contributed by atoms with Crippen molar-refractivity contribution in [2.75, 3.05) is 25.3 Å². The van der Waals surface area contributed by atoms with E-state index in [1.807, 2.05) is 91.2 Å². The van der Waals surface area contributed by atoms with E-state index in [0.717, 1.165) is 22.4 Å². The maximum Gasteiger partial charge on any atom is 0.226 e. The molecule has 0 fully saturated rings. The molecule has 210 valence electrons. The van der Waals surface area contributed by atoms with Crippen LogP contribution < -0.4 is 14.8 Å². The van der Waals surface area contributed by atoms with Gasteiger partial charge in [0.05, 0.1) is 31.2 Å². The Labute approximate surface area is 253 Å². The summed E-state index contributed by atoms with van der Waals surface area (Å²) in [5.41, 5.74) is 6.45. The molecule has 0 radical (unpaired) electrons. The number of nitrogens with one attached hydrogen (secondary N) is 1. The Morgan fingerprint density at radius 1 is 0.929 bits per heavy atom. The van der Waals surface area contributed by atoms with Crippen LogP contribution in [0.2, 0.25) is 0 Å². The van der Waals surface area contributed by atoms with Gasteiger partial charge in [0.15, 0.2) is 5.13 Å². The first-order chi connectivity index (χ1) is 20.5. The lowest BCUT2D eigenvalue weighted by Crippen LogP contribution is -2.12. The minimum atomic E-state index is -0.153. The zero-order valence-corrected chi connectivity index (χ0v) is 25.0. The molecule has 2 heterocycles. The van der Waals surface area contributed by atoms with Crippen molar-refractivity contribution < 1.29 is 14.3 Å². The predicted molar refractivity (Wildman–Crippen MR) is 169 cm³/mol. The summed E-state index contributed by atoms with van der Waals surface area (Å²) in [4.78, 5) is 22.2. The first kappa shape index (κ1) is 28.9. The Hall–Kier alpha value is -4.65. The summed E-state index contributed by atoms with van der Waals surface area (Å²) in [6.45, 7) is 2.04.